The zero-order valence-electron chi connectivity index (χ0n) is 14.8. The van der Waals surface area contributed by atoms with E-state index in [4.69, 9.17) is 4.74 Å². The van der Waals surface area contributed by atoms with Gasteiger partial charge in [-0.05, 0) is 50.6 Å². The summed E-state index contributed by atoms with van der Waals surface area (Å²) in [6.45, 7) is 2.95. The van der Waals surface area contributed by atoms with E-state index in [9.17, 15) is 4.79 Å². The van der Waals surface area contributed by atoms with Crippen LogP contribution >= 0.6 is 0 Å². The number of carbonyl (C=O) groups excluding carboxylic acids is 1. The third-order valence-electron chi connectivity index (χ3n) is 5.95. The summed E-state index contributed by atoms with van der Waals surface area (Å²) in [5.41, 5.74) is 1.38. The molecule has 2 amide bonds. The molecule has 2 bridgehead atoms. The fourth-order valence-electron chi connectivity index (χ4n) is 4.56. The highest BCUT2D eigenvalue weighted by atomic mass is 16.5. The lowest BCUT2D eigenvalue weighted by molar-refractivity contribution is 0.0980. The molecule has 4 atom stereocenters. The zero-order valence-corrected chi connectivity index (χ0v) is 14.8. The Morgan fingerprint density at radius 2 is 2.08 bits per heavy atom. The Hall–Kier alpha value is -1.59. The van der Waals surface area contributed by atoms with Gasteiger partial charge in [0.05, 0.1) is 18.2 Å². The van der Waals surface area contributed by atoms with Crippen molar-refractivity contribution in [3.05, 3.63) is 35.9 Å². The Morgan fingerprint density at radius 1 is 1.20 bits per heavy atom. The number of nitrogens with one attached hydrogen (secondary N) is 2. The first-order valence-electron chi connectivity index (χ1n) is 9.76. The third-order valence-corrected chi connectivity index (χ3v) is 5.95. The van der Waals surface area contributed by atoms with Gasteiger partial charge in [-0.2, -0.15) is 0 Å². The van der Waals surface area contributed by atoms with Gasteiger partial charge >= 0.3 is 6.03 Å². The first kappa shape index (κ1) is 16.9. The second-order valence-corrected chi connectivity index (χ2v) is 7.64. The molecule has 0 unspecified atom stereocenters. The van der Waals surface area contributed by atoms with Gasteiger partial charge in [0.25, 0.3) is 0 Å². The van der Waals surface area contributed by atoms with Crippen LogP contribution in [0.5, 0.6) is 0 Å². The molecular weight excluding hydrogens is 314 g/mol. The van der Waals surface area contributed by atoms with Crippen molar-refractivity contribution in [2.45, 2.75) is 62.8 Å². The van der Waals surface area contributed by atoms with Gasteiger partial charge in [-0.3, -0.25) is 4.90 Å². The second-order valence-electron chi connectivity index (χ2n) is 7.64. The van der Waals surface area contributed by atoms with Gasteiger partial charge < -0.3 is 15.4 Å². The topological polar surface area (TPSA) is 53.6 Å². The van der Waals surface area contributed by atoms with Crippen LogP contribution in [0, 0.1) is 0 Å². The molecule has 0 spiro atoms. The summed E-state index contributed by atoms with van der Waals surface area (Å²) in [5, 5.41) is 6.21. The minimum atomic E-state index is -0.0314. The maximum Gasteiger partial charge on any atom is 0.315 e. The number of fused-ring (bicyclic) bond motifs is 2. The van der Waals surface area contributed by atoms with Crippen molar-refractivity contribution in [2.75, 3.05) is 19.6 Å². The quantitative estimate of drug-likeness (QED) is 0.833. The molecule has 0 saturated carbocycles. The lowest BCUT2D eigenvalue weighted by Gasteiger charge is -2.26. The SMILES string of the molecule is O=C(NC[C@@H]1CCCN1CCc1ccccc1)N[C@H]1C[C@H]2CC[C@H]1O2. The Kier molecular flexibility index (Phi) is 5.22. The monoisotopic (exact) mass is 343 g/mol. The van der Waals surface area contributed by atoms with Crippen molar-refractivity contribution >= 4 is 6.03 Å². The molecule has 136 valence electrons. The number of rotatable bonds is 6. The molecule has 3 heterocycles. The van der Waals surface area contributed by atoms with Crippen LogP contribution in [0.15, 0.2) is 30.3 Å². The van der Waals surface area contributed by atoms with E-state index >= 15 is 0 Å². The molecule has 5 nitrogen and oxygen atoms in total. The Bertz CT molecular complexity index is 580. The number of likely N-dealkylation sites (tertiary alicyclic amines) is 1. The van der Waals surface area contributed by atoms with E-state index in [0.717, 1.165) is 45.3 Å². The van der Waals surface area contributed by atoms with Crippen LogP contribution in [0.4, 0.5) is 4.79 Å². The summed E-state index contributed by atoms with van der Waals surface area (Å²) in [4.78, 5) is 14.7. The largest absolute Gasteiger partial charge is 0.373 e. The summed E-state index contributed by atoms with van der Waals surface area (Å²) in [6.07, 6.45) is 7.31. The lowest BCUT2D eigenvalue weighted by atomic mass is 9.96. The normalized spacial score (nSPS) is 31.4. The van der Waals surface area contributed by atoms with Crippen molar-refractivity contribution < 1.29 is 9.53 Å². The first-order valence-corrected chi connectivity index (χ1v) is 9.76. The third kappa shape index (κ3) is 4.15. The minimum Gasteiger partial charge on any atom is -0.373 e. The Morgan fingerprint density at radius 3 is 2.84 bits per heavy atom. The second kappa shape index (κ2) is 7.75. The summed E-state index contributed by atoms with van der Waals surface area (Å²) in [6, 6.07) is 11.3. The number of urea groups is 1. The Labute approximate surface area is 150 Å². The molecule has 3 aliphatic rings. The average molecular weight is 343 g/mol. The summed E-state index contributed by atoms with van der Waals surface area (Å²) in [7, 11) is 0. The maximum absolute atomic E-state index is 12.2. The van der Waals surface area contributed by atoms with Gasteiger partial charge in [-0.15, -0.1) is 0 Å². The van der Waals surface area contributed by atoms with E-state index in [-0.39, 0.29) is 18.2 Å². The van der Waals surface area contributed by atoms with Gasteiger partial charge in [0, 0.05) is 19.1 Å². The number of benzene rings is 1. The smallest absolute Gasteiger partial charge is 0.315 e. The molecule has 3 fully saturated rings. The van der Waals surface area contributed by atoms with E-state index in [0.29, 0.717) is 12.1 Å². The molecule has 0 aliphatic carbocycles. The van der Waals surface area contributed by atoms with Crippen LogP contribution in [0.1, 0.15) is 37.7 Å². The highest BCUT2D eigenvalue weighted by molar-refractivity contribution is 5.74. The van der Waals surface area contributed by atoms with Crippen LogP contribution in [0.25, 0.3) is 0 Å². The van der Waals surface area contributed by atoms with Gasteiger partial charge in [0.1, 0.15) is 0 Å². The van der Waals surface area contributed by atoms with Crippen LogP contribution in [-0.4, -0.2) is 54.9 Å². The molecule has 5 heteroatoms. The molecule has 0 aromatic heterocycles. The van der Waals surface area contributed by atoms with Crippen molar-refractivity contribution in [2.24, 2.45) is 0 Å². The highest BCUT2D eigenvalue weighted by Crippen LogP contribution is 2.34. The van der Waals surface area contributed by atoms with E-state index in [1.165, 1.54) is 18.4 Å². The molecule has 25 heavy (non-hydrogen) atoms. The highest BCUT2D eigenvalue weighted by Gasteiger charge is 2.41. The predicted octanol–water partition coefficient (Wildman–Crippen LogP) is 2.31. The van der Waals surface area contributed by atoms with E-state index < -0.39 is 0 Å². The summed E-state index contributed by atoms with van der Waals surface area (Å²) >= 11 is 0. The molecular formula is C20H29N3O2. The fraction of sp³-hybridized carbons (Fsp3) is 0.650. The van der Waals surface area contributed by atoms with Crippen LogP contribution in [-0.2, 0) is 11.2 Å². The first-order chi connectivity index (χ1) is 12.3. The van der Waals surface area contributed by atoms with Gasteiger partial charge in [0.15, 0.2) is 0 Å². The van der Waals surface area contributed by atoms with E-state index in [2.05, 4.69) is 45.9 Å². The number of amides is 2. The van der Waals surface area contributed by atoms with Crippen molar-refractivity contribution in [1.82, 2.24) is 15.5 Å². The minimum absolute atomic E-state index is 0.0314. The number of hydrogen-bond donors (Lipinski definition) is 2. The molecule has 1 aromatic carbocycles. The van der Waals surface area contributed by atoms with Crippen molar-refractivity contribution in [1.29, 1.82) is 0 Å². The lowest BCUT2D eigenvalue weighted by Crippen LogP contribution is -2.49. The number of hydrogen-bond acceptors (Lipinski definition) is 3. The number of nitrogens with zero attached hydrogens (tertiary/aromatic N) is 1. The fourth-order valence-corrected chi connectivity index (χ4v) is 4.56. The standard InChI is InChI=1S/C20H29N3O2/c24-20(22-18-13-17-8-9-19(18)25-17)21-14-16-7-4-11-23(16)12-10-15-5-2-1-3-6-15/h1-3,5-6,16-19H,4,7-14H2,(H2,21,22,24)/t16-,17+,18-,19+/m0/s1. The maximum atomic E-state index is 12.2. The number of carbonyl (C=O) groups is 1. The van der Waals surface area contributed by atoms with Gasteiger partial charge in [-0.25, -0.2) is 4.79 Å². The summed E-state index contributed by atoms with van der Waals surface area (Å²) in [5.74, 6) is 0. The van der Waals surface area contributed by atoms with Crippen molar-refractivity contribution in [3.8, 4) is 0 Å². The van der Waals surface area contributed by atoms with Gasteiger partial charge in [0.2, 0.25) is 0 Å². The molecule has 0 radical (unpaired) electrons. The number of ether oxygens (including phenoxy) is 1. The molecule has 3 aliphatic heterocycles. The molecule has 3 saturated heterocycles. The predicted molar refractivity (Wildman–Crippen MR) is 97.6 cm³/mol. The molecule has 1 aromatic rings. The molecule has 2 N–H and O–H groups in total. The van der Waals surface area contributed by atoms with E-state index in [1.807, 2.05) is 0 Å². The summed E-state index contributed by atoms with van der Waals surface area (Å²) < 4.78 is 5.80. The van der Waals surface area contributed by atoms with Crippen molar-refractivity contribution in [3.63, 3.8) is 0 Å². The molecule has 4 rings (SSSR count). The van der Waals surface area contributed by atoms with Crippen LogP contribution < -0.4 is 10.6 Å². The van der Waals surface area contributed by atoms with Gasteiger partial charge in [-0.1, -0.05) is 30.3 Å². The average Bonchev–Trinajstić information content (AvgIpc) is 3.36. The van der Waals surface area contributed by atoms with Crippen LogP contribution in [0.2, 0.25) is 0 Å². The zero-order chi connectivity index (χ0) is 17.1. The Balaban J connectivity index is 1.19. The van der Waals surface area contributed by atoms with Crippen LogP contribution in [0.3, 0.4) is 0 Å². The van der Waals surface area contributed by atoms with E-state index in [1.54, 1.807) is 0 Å².